The lowest BCUT2D eigenvalue weighted by atomic mass is 9.97. The van der Waals surface area contributed by atoms with Crippen LogP contribution in [0.5, 0.6) is 0 Å². The second-order valence-corrected chi connectivity index (χ2v) is 11.0. The van der Waals surface area contributed by atoms with E-state index in [1.54, 1.807) is 18.2 Å². The first-order chi connectivity index (χ1) is 18.5. The molecule has 0 unspecified atom stereocenters. The predicted molar refractivity (Wildman–Crippen MR) is 147 cm³/mol. The Morgan fingerprint density at radius 1 is 1.11 bits per heavy atom. The third-order valence-electron chi connectivity index (χ3n) is 7.19. The molecule has 0 bridgehead atoms. The summed E-state index contributed by atoms with van der Waals surface area (Å²) in [7, 11) is 0. The Labute approximate surface area is 225 Å². The highest BCUT2D eigenvalue weighted by Gasteiger charge is 2.28. The number of nitrogens with zero attached hydrogens (tertiary/aromatic N) is 2. The number of nitrogens with one attached hydrogen (secondary N) is 2. The molecule has 0 spiro atoms. The van der Waals surface area contributed by atoms with Gasteiger partial charge in [-0.2, -0.15) is 5.10 Å². The highest BCUT2D eigenvalue weighted by atomic mass is 32.1. The minimum atomic E-state index is -0.377. The molecule has 0 saturated carbocycles. The number of carbonyl (C=O) groups is 2. The van der Waals surface area contributed by atoms with Gasteiger partial charge in [-0.15, -0.1) is 11.3 Å². The molecule has 1 aromatic heterocycles. The van der Waals surface area contributed by atoms with Crippen LogP contribution in [0.3, 0.4) is 0 Å². The van der Waals surface area contributed by atoms with Gasteiger partial charge in [0.25, 0.3) is 11.8 Å². The third kappa shape index (κ3) is 6.18. The van der Waals surface area contributed by atoms with Crippen LogP contribution in [0.4, 0.5) is 9.39 Å². The molecule has 1 fully saturated rings. The van der Waals surface area contributed by atoms with Crippen molar-refractivity contribution < 1.29 is 19.1 Å². The van der Waals surface area contributed by atoms with E-state index in [-0.39, 0.29) is 24.2 Å². The van der Waals surface area contributed by atoms with Gasteiger partial charge in [0.2, 0.25) is 0 Å². The van der Waals surface area contributed by atoms with Crippen LogP contribution in [0.25, 0.3) is 0 Å². The molecule has 3 aromatic rings. The molecule has 5 rings (SSSR count). The van der Waals surface area contributed by atoms with Gasteiger partial charge in [0.1, 0.15) is 10.8 Å². The topological polar surface area (TPSA) is 94.0 Å². The molecule has 1 saturated heterocycles. The molecule has 2 aromatic carbocycles. The first-order valence-electron chi connectivity index (χ1n) is 13.0. The minimum Gasteiger partial charge on any atom is -0.396 e. The number of amides is 2. The summed E-state index contributed by atoms with van der Waals surface area (Å²) in [6.07, 6.45) is 6.08. The molecule has 0 atom stereocenters. The summed E-state index contributed by atoms with van der Waals surface area (Å²) >= 11 is 1.45. The smallest absolute Gasteiger partial charge is 0.274 e. The molecule has 9 heteroatoms. The molecule has 2 amide bonds. The number of piperidine rings is 1. The van der Waals surface area contributed by atoms with Gasteiger partial charge >= 0.3 is 0 Å². The molecule has 3 N–H and O–H groups in total. The Kier molecular flexibility index (Phi) is 8.26. The predicted octanol–water partition coefficient (Wildman–Crippen LogP) is 4.60. The quantitative estimate of drug-likeness (QED) is 0.291. The number of anilines is 1. The Morgan fingerprint density at radius 2 is 1.89 bits per heavy atom. The number of aliphatic hydroxyl groups excluding tert-OH is 1. The van der Waals surface area contributed by atoms with Crippen molar-refractivity contribution in [1.29, 1.82) is 0 Å². The first-order valence-corrected chi connectivity index (χ1v) is 13.8. The summed E-state index contributed by atoms with van der Waals surface area (Å²) in [5, 5.41) is 16.9. The SMILES string of the molecule is O=C(Nc1sc2c(c1C(=O)N/N=C/c1ccc(F)cc1)CCC2)c1cccc(CN2CCC(CO)CC2)c1. The van der Waals surface area contributed by atoms with Crippen LogP contribution in [0.2, 0.25) is 0 Å². The summed E-state index contributed by atoms with van der Waals surface area (Å²) in [6, 6.07) is 13.4. The van der Waals surface area contributed by atoms with Gasteiger partial charge in [-0.1, -0.05) is 24.3 Å². The number of hydrogen-bond donors (Lipinski definition) is 3. The van der Waals surface area contributed by atoms with Crippen molar-refractivity contribution >= 4 is 34.4 Å². The molecule has 0 radical (unpaired) electrons. The number of likely N-dealkylation sites (tertiary alicyclic amines) is 1. The van der Waals surface area contributed by atoms with Gasteiger partial charge in [-0.05, 0) is 92.1 Å². The fourth-order valence-corrected chi connectivity index (χ4v) is 6.36. The van der Waals surface area contributed by atoms with Crippen molar-refractivity contribution in [2.24, 2.45) is 11.0 Å². The average molecular weight is 535 g/mol. The Balaban J connectivity index is 1.27. The normalized spacial score (nSPS) is 16.1. The van der Waals surface area contributed by atoms with E-state index in [2.05, 4.69) is 20.7 Å². The number of hydrogen-bond acceptors (Lipinski definition) is 6. The van der Waals surface area contributed by atoms with E-state index >= 15 is 0 Å². The van der Waals surface area contributed by atoms with E-state index < -0.39 is 0 Å². The maximum Gasteiger partial charge on any atom is 0.274 e. The number of thiophene rings is 1. The summed E-state index contributed by atoms with van der Waals surface area (Å²) in [4.78, 5) is 29.8. The van der Waals surface area contributed by atoms with Crippen LogP contribution in [0.1, 0.15) is 61.5 Å². The molecule has 1 aliphatic heterocycles. The van der Waals surface area contributed by atoms with E-state index in [0.717, 1.165) is 67.7 Å². The number of aliphatic hydroxyl groups is 1. The maximum absolute atomic E-state index is 13.2. The zero-order chi connectivity index (χ0) is 26.5. The lowest BCUT2D eigenvalue weighted by Gasteiger charge is -2.31. The zero-order valence-corrected chi connectivity index (χ0v) is 21.9. The number of halogens is 1. The van der Waals surface area contributed by atoms with Crippen LogP contribution < -0.4 is 10.7 Å². The third-order valence-corrected chi connectivity index (χ3v) is 8.39. The van der Waals surface area contributed by atoms with E-state index in [4.69, 9.17) is 0 Å². The van der Waals surface area contributed by atoms with Gasteiger partial charge in [0.05, 0.1) is 11.8 Å². The summed E-state index contributed by atoms with van der Waals surface area (Å²) in [6.45, 7) is 2.87. The number of benzene rings is 2. The van der Waals surface area contributed by atoms with Crippen molar-refractivity contribution in [2.45, 2.75) is 38.6 Å². The molecule has 38 heavy (non-hydrogen) atoms. The van der Waals surface area contributed by atoms with E-state index in [1.807, 2.05) is 18.2 Å². The maximum atomic E-state index is 13.2. The monoisotopic (exact) mass is 534 g/mol. The Bertz CT molecular complexity index is 1330. The highest BCUT2D eigenvalue weighted by Crippen LogP contribution is 2.39. The second kappa shape index (κ2) is 12.0. The van der Waals surface area contributed by atoms with E-state index in [9.17, 15) is 19.1 Å². The molecule has 7 nitrogen and oxygen atoms in total. The van der Waals surface area contributed by atoms with Crippen LogP contribution in [-0.4, -0.2) is 47.7 Å². The van der Waals surface area contributed by atoms with Gasteiger partial charge in [-0.25, -0.2) is 9.82 Å². The molecule has 2 heterocycles. The molecular weight excluding hydrogens is 503 g/mol. The fraction of sp³-hybridized carbons (Fsp3) is 0.345. The van der Waals surface area contributed by atoms with Crippen molar-refractivity contribution in [3.05, 3.63) is 87.0 Å². The molecule has 1 aliphatic carbocycles. The summed E-state index contributed by atoms with van der Waals surface area (Å²) in [5.41, 5.74) is 6.27. The standard InChI is InChI=1S/C29H31FN4O3S/c30-23-9-7-19(8-10-23)16-31-33-28(37)26-24-5-2-6-25(24)38-29(26)32-27(36)22-4-1-3-21(15-22)17-34-13-11-20(18-35)12-14-34/h1,3-4,7-10,15-16,20,35H,2,5-6,11-14,17-18H2,(H,32,36)(H,33,37)/b31-16+. The summed E-state index contributed by atoms with van der Waals surface area (Å²) < 4.78 is 13.1. The number of fused-ring (bicyclic) bond motifs is 1. The first kappa shape index (κ1) is 26.2. The van der Waals surface area contributed by atoms with Crippen molar-refractivity contribution in [2.75, 3.05) is 25.0 Å². The van der Waals surface area contributed by atoms with Crippen molar-refractivity contribution in [3.8, 4) is 0 Å². The lowest BCUT2D eigenvalue weighted by molar-refractivity contribution is 0.0955. The largest absolute Gasteiger partial charge is 0.396 e. The number of aryl methyl sites for hydroxylation is 1. The van der Waals surface area contributed by atoms with Gasteiger partial charge < -0.3 is 10.4 Å². The number of hydrazone groups is 1. The lowest BCUT2D eigenvalue weighted by Crippen LogP contribution is -2.34. The van der Waals surface area contributed by atoms with Crippen LogP contribution in [0.15, 0.2) is 53.6 Å². The van der Waals surface area contributed by atoms with Crippen LogP contribution in [0, 0.1) is 11.7 Å². The molecular formula is C29H31FN4O3S. The summed E-state index contributed by atoms with van der Waals surface area (Å²) in [5.74, 6) is -0.586. The number of rotatable bonds is 8. The van der Waals surface area contributed by atoms with Gasteiger partial charge in [0, 0.05) is 23.6 Å². The molecule has 198 valence electrons. The molecule has 2 aliphatic rings. The van der Waals surface area contributed by atoms with Gasteiger partial charge in [-0.3, -0.25) is 14.5 Å². The van der Waals surface area contributed by atoms with Gasteiger partial charge in [0.15, 0.2) is 0 Å². The average Bonchev–Trinajstić information content (AvgIpc) is 3.51. The Morgan fingerprint density at radius 3 is 2.66 bits per heavy atom. The van der Waals surface area contributed by atoms with Crippen molar-refractivity contribution in [3.63, 3.8) is 0 Å². The number of carbonyl (C=O) groups excluding carboxylic acids is 2. The highest BCUT2D eigenvalue weighted by molar-refractivity contribution is 7.17. The van der Waals surface area contributed by atoms with Crippen LogP contribution in [-0.2, 0) is 19.4 Å². The second-order valence-electron chi connectivity index (χ2n) is 9.87. The Hall–Kier alpha value is -3.40. The minimum absolute atomic E-state index is 0.246. The van der Waals surface area contributed by atoms with Crippen molar-refractivity contribution in [1.82, 2.24) is 10.3 Å². The van der Waals surface area contributed by atoms with E-state index in [1.165, 1.54) is 29.7 Å². The zero-order valence-electron chi connectivity index (χ0n) is 21.1. The van der Waals surface area contributed by atoms with Crippen LogP contribution >= 0.6 is 11.3 Å². The van der Waals surface area contributed by atoms with E-state index in [0.29, 0.717) is 27.6 Å². The fourth-order valence-electron chi connectivity index (χ4n) is 5.07.